The van der Waals surface area contributed by atoms with Crippen LogP contribution in [0.2, 0.25) is 0 Å². The van der Waals surface area contributed by atoms with Gasteiger partial charge in [0.05, 0.1) is 0 Å². The van der Waals surface area contributed by atoms with Crippen molar-refractivity contribution in [2.24, 2.45) is 5.92 Å². The third kappa shape index (κ3) is 5.65. The van der Waals surface area contributed by atoms with Gasteiger partial charge in [0.1, 0.15) is 11.6 Å². The second-order valence-electron chi connectivity index (χ2n) is 6.49. The van der Waals surface area contributed by atoms with Crippen LogP contribution in [0.15, 0.2) is 0 Å². The molecule has 122 valence electrons. The summed E-state index contributed by atoms with van der Waals surface area (Å²) < 4.78 is 5.51. The highest BCUT2D eigenvalue weighted by Gasteiger charge is 2.40. The van der Waals surface area contributed by atoms with E-state index in [1.807, 2.05) is 0 Å². The first-order chi connectivity index (χ1) is 9.87. The number of amides is 1. The van der Waals surface area contributed by atoms with Gasteiger partial charge in [0.25, 0.3) is 0 Å². The van der Waals surface area contributed by atoms with E-state index in [9.17, 15) is 14.7 Å². The Hall–Kier alpha value is -1.10. The molecule has 1 fully saturated rings. The molecule has 5 nitrogen and oxygen atoms in total. The second kappa shape index (κ2) is 8.37. The van der Waals surface area contributed by atoms with E-state index in [2.05, 4.69) is 19.2 Å². The summed E-state index contributed by atoms with van der Waals surface area (Å²) in [6.45, 7) is 6.40. The van der Waals surface area contributed by atoms with E-state index in [1.165, 1.54) is 0 Å². The van der Waals surface area contributed by atoms with E-state index >= 15 is 0 Å². The van der Waals surface area contributed by atoms with Crippen molar-refractivity contribution in [1.29, 1.82) is 0 Å². The number of carboxylic acid groups (broad SMARTS) is 1. The predicted octanol–water partition coefficient (Wildman–Crippen LogP) is 2.73. The molecule has 1 aliphatic carbocycles. The molecule has 0 saturated heterocycles. The molecule has 1 rings (SSSR count). The topological polar surface area (TPSA) is 75.6 Å². The lowest BCUT2D eigenvalue weighted by atomic mass is 9.90. The van der Waals surface area contributed by atoms with Gasteiger partial charge >= 0.3 is 5.97 Å². The Morgan fingerprint density at radius 1 is 1.14 bits per heavy atom. The van der Waals surface area contributed by atoms with Crippen molar-refractivity contribution < 1.29 is 19.4 Å². The normalized spacial score (nSPS) is 19.8. The van der Waals surface area contributed by atoms with Crippen molar-refractivity contribution in [3.05, 3.63) is 0 Å². The van der Waals surface area contributed by atoms with Gasteiger partial charge in [-0.25, -0.2) is 4.79 Å². The van der Waals surface area contributed by atoms with Gasteiger partial charge in [0, 0.05) is 6.61 Å². The Morgan fingerprint density at radius 3 is 2.19 bits per heavy atom. The molecular formula is C16H29NO4. The van der Waals surface area contributed by atoms with Crippen molar-refractivity contribution in [1.82, 2.24) is 5.32 Å². The first-order valence-electron chi connectivity index (χ1n) is 8.04. The molecule has 0 bridgehead atoms. The smallest absolute Gasteiger partial charge is 0.329 e. The van der Waals surface area contributed by atoms with Gasteiger partial charge in [-0.05, 0) is 32.1 Å². The molecule has 0 aliphatic heterocycles. The highest BCUT2D eigenvalue weighted by molar-refractivity contribution is 5.89. The van der Waals surface area contributed by atoms with Crippen molar-refractivity contribution in [3.63, 3.8) is 0 Å². The van der Waals surface area contributed by atoms with E-state index in [1.54, 1.807) is 6.92 Å². The van der Waals surface area contributed by atoms with E-state index < -0.39 is 17.6 Å². The first kappa shape index (κ1) is 18.0. The largest absolute Gasteiger partial charge is 0.480 e. The van der Waals surface area contributed by atoms with Gasteiger partial charge in [-0.2, -0.15) is 0 Å². The van der Waals surface area contributed by atoms with Crippen LogP contribution >= 0.6 is 0 Å². The van der Waals surface area contributed by atoms with Crippen molar-refractivity contribution in [3.8, 4) is 0 Å². The molecule has 1 unspecified atom stereocenters. The van der Waals surface area contributed by atoms with E-state index in [-0.39, 0.29) is 5.91 Å². The van der Waals surface area contributed by atoms with Crippen LogP contribution in [0.25, 0.3) is 0 Å². The maximum atomic E-state index is 12.2. The van der Waals surface area contributed by atoms with Gasteiger partial charge in [-0.1, -0.05) is 39.5 Å². The summed E-state index contributed by atoms with van der Waals surface area (Å²) >= 11 is 0. The van der Waals surface area contributed by atoms with Gasteiger partial charge in [-0.15, -0.1) is 0 Å². The average Bonchev–Trinajstić information content (AvgIpc) is 2.64. The lowest BCUT2D eigenvalue weighted by molar-refractivity contribution is -0.150. The number of carboxylic acids is 1. The van der Waals surface area contributed by atoms with Crippen LogP contribution in [-0.2, 0) is 14.3 Å². The second-order valence-corrected chi connectivity index (χ2v) is 6.49. The van der Waals surface area contributed by atoms with Crippen LogP contribution in [0.5, 0.6) is 0 Å². The van der Waals surface area contributed by atoms with Crippen LogP contribution in [0.1, 0.15) is 65.7 Å². The zero-order valence-corrected chi connectivity index (χ0v) is 13.5. The summed E-state index contributed by atoms with van der Waals surface area (Å²) in [6.07, 6.45) is 5.05. The molecule has 21 heavy (non-hydrogen) atoms. The molecule has 0 heterocycles. The van der Waals surface area contributed by atoms with Crippen molar-refractivity contribution >= 4 is 11.9 Å². The van der Waals surface area contributed by atoms with Crippen LogP contribution in [0.3, 0.4) is 0 Å². The fourth-order valence-corrected chi connectivity index (χ4v) is 2.62. The molecular weight excluding hydrogens is 270 g/mol. The summed E-state index contributed by atoms with van der Waals surface area (Å²) in [5.74, 6) is -0.720. The Bertz CT molecular complexity index is 346. The molecule has 0 spiro atoms. The molecule has 1 atom stereocenters. The number of ether oxygens (including phenoxy) is 1. The summed E-state index contributed by atoms with van der Waals surface area (Å²) in [4.78, 5) is 23.8. The van der Waals surface area contributed by atoms with Gasteiger partial charge < -0.3 is 15.2 Å². The SMILES string of the molecule is CC(C)CCOC(C)C(=O)NC1(C(=O)O)CCCCCC1. The highest BCUT2D eigenvalue weighted by Crippen LogP contribution is 2.27. The van der Waals surface area contributed by atoms with Crippen molar-refractivity contribution in [2.75, 3.05) is 6.61 Å². The Balaban J connectivity index is 2.57. The number of hydrogen-bond acceptors (Lipinski definition) is 3. The number of nitrogens with one attached hydrogen (secondary N) is 1. The van der Waals surface area contributed by atoms with Crippen LogP contribution in [0.4, 0.5) is 0 Å². The Labute approximate surface area is 127 Å². The molecule has 2 N–H and O–H groups in total. The third-order valence-electron chi connectivity index (χ3n) is 4.16. The van der Waals surface area contributed by atoms with Crippen LogP contribution in [0, 0.1) is 5.92 Å². The van der Waals surface area contributed by atoms with Gasteiger partial charge in [0.15, 0.2) is 0 Å². The molecule has 0 aromatic carbocycles. The zero-order chi connectivity index (χ0) is 15.9. The van der Waals surface area contributed by atoms with Gasteiger partial charge in [0.2, 0.25) is 5.91 Å². The maximum Gasteiger partial charge on any atom is 0.329 e. The first-order valence-corrected chi connectivity index (χ1v) is 8.04. The quantitative estimate of drug-likeness (QED) is 0.709. The molecule has 5 heteroatoms. The lowest BCUT2D eigenvalue weighted by Crippen LogP contribution is -2.56. The number of hydrogen-bond donors (Lipinski definition) is 2. The molecule has 1 aliphatic rings. The fourth-order valence-electron chi connectivity index (χ4n) is 2.62. The van der Waals surface area contributed by atoms with E-state index in [0.717, 1.165) is 32.1 Å². The third-order valence-corrected chi connectivity index (χ3v) is 4.16. The predicted molar refractivity (Wildman–Crippen MR) is 81.1 cm³/mol. The number of rotatable bonds is 7. The zero-order valence-electron chi connectivity index (χ0n) is 13.5. The van der Waals surface area contributed by atoms with E-state index in [0.29, 0.717) is 25.4 Å². The van der Waals surface area contributed by atoms with Crippen molar-refractivity contribution in [2.45, 2.75) is 77.4 Å². The van der Waals surface area contributed by atoms with E-state index in [4.69, 9.17) is 4.74 Å². The molecule has 1 amide bonds. The van der Waals surface area contributed by atoms with Crippen LogP contribution < -0.4 is 5.32 Å². The molecule has 1 saturated carbocycles. The molecule has 0 radical (unpaired) electrons. The number of aliphatic carboxylic acids is 1. The maximum absolute atomic E-state index is 12.2. The molecule has 0 aromatic heterocycles. The minimum atomic E-state index is -1.11. The lowest BCUT2D eigenvalue weighted by Gasteiger charge is -2.30. The average molecular weight is 299 g/mol. The summed E-state index contributed by atoms with van der Waals surface area (Å²) in [7, 11) is 0. The standard InChI is InChI=1S/C16H29NO4/c1-12(2)8-11-21-13(3)14(18)17-16(15(19)20)9-6-4-5-7-10-16/h12-13H,4-11H2,1-3H3,(H,17,18)(H,19,20). The monoisotopic (exact) mass is 299 g/mol. The summed E-state index contributed by atoms with van der Waals surface area (Å²) in [5, 5.41) is 12.3. The van der Waals surface area contributed by atoms with Gasteiger partial charge in [-0.3, -0.25) is 4.79 Å². The molecule has 0 aromatic rings. The number of carbonyl (C=O) groups excluding carboxylic acids is 1. The minimum absolute atomic E-state index is 0.317. The highest BCUT2D eigenvalue weighted by atomic mass is 16.5. The van der Waals surface area contributed by atoms with Crippen LogP contribution in [-0.4, -0.2) is 35.2 Å². The summed E-state index contributed by atoms with van der Waals surface area (Å²) in [5.41, 5.74) is -1.11. The minimum Gasteiger partial charge on any atom is -0.480 e. The summed E-state index contributed by atoms with van der Waals surface area (Å²) in [6, 6.07) is 0. The Kier molecular flexibility index (Phi) is 7.15. The fraction of sp³-hybridized carbons (Fsp3) is 0.875. The Morgan fingerprint density at radius 2 is 1.71 bits per heavy atom. The number of carbonyl (C=O) groups is 2.